The summed E-state index contributed by atoms with van der Waals surface area (Å²) in [5, 5.41) is 3.08. The molecule has 0 atom stereocenters. The van der Waals surface area contributed by atoms with E-state index in [0.29, 0.717) is 12.5 Å². The Kier molecular flexibility index (Phi) is 9.91. The van der Waals surface area contributed by atoms with Crippen molar-refractivity contribution in [1.82, 2.24) is 4.72 Å². The lowest BCUT2D eigenvalue weighted by Crippen LogP contribution is -2.31. The third-order valence-electron chi connectivity index (χ3n) is 3.91. The predicted molar refractivity (Wildman–Crippen MR) is 128 cm³/mol. The van der Waals surface area contributed by atoms with Crippen LogP contribution in [0, 0.1) is 0 Å². The number of guanidine groups is 1. The number of anilines is 1. The van der Waals surface area contributed by atoms with Gasteiger partial charge in [-0.25, -0.2) is 18.1 Å². The highest BCUT2D eigenvalue weighted by Crippen LogP contribution is 2.14. The molecule has 154 valence electrons. The van der Waals surface area contributed by atoms with Crippen LogP contribution in [0.5, 0.6) is 0 Å². The van der Waals surface area contributed by atoms with Gasteiger partial charge in [0.15, 0.2) is 5.96 Å². The van der Waals surface area contributed by atoms with Crippen LogP contribution < -0.4 is 15.8 Å². The number of aliphatic imine (C=N–C) groups is 1. The number of rotatable bonds is 8. The van der Waals surface area contributed by atoms with E-state index >= 15 is 0 Å². The first-order chi connectivity index (χ1) is 12.8. The first-order valence-electron chi connectivity index (χ1n) is 9.01. The van der Waals surface area contributed by atoms with Crippen LogP contribution in [0.2, 0.25) is 0 Å². The van der Waals surface area contributed by atoms with Gasteiger partial charge in [-0.15, -0.1) is 24.0 Å². The average Bonchev–Trinajstić information content (AvgIpc) is 2.59. The fraction of sp³-hybridized carbons (Fsp3) is 0.350. The maximum Gasteiger partial charge on any atom is 0.216 e. The fourth-order valence-electron chi connectivity index (χ4n) is 2.68. The first kappa shape index (κ1) is 24.4. The van der Waals surface area contributed by atoms with Gasteiger partial charge in [0.1, 0.15) is 0 Å². The number of sulfonamides is 1. The van der Waals surface area contributed by atoms with Crippen LogP contribution in [0.4, 0.5) is 5.69 Å². The van der Waals surface area contributed by atoms with Gasteiger partial charge in [0, 0.05) is 11.7 Å². The summed E-state index contributed by atoms with van der Waals surface area (Å²) in [6, 6.07) is 15.2. The Morgan fingerprint density at radius 2 is 1.79 bits per heavy atom. The third-order valence-corrected chi connectivity index (χ3v) is 5.43. The van der Waals surface area contributed by atoms with E-state index < -0.39 is 10.0 Å². The molecular weight excluding hydrogens is 487 g/mol. The molecule has 0 radical (unpaired) electrons. The van der Waals surface area contributed by atoms with Gasteiger partial charge in [-0.2, -0.15) is 0 Å². The Balaban J connectivity index is 0.00000392. The van der Waals surface area contributed by atoms with E-state index in [1.54, 1.807) is 19.9 Å². The molecule has 0 saturated heterocycles. The van der Waals surface area contributed by atoms with Crippen molar-refractivity contribution in [2.24, 2.45) is 10.7 Å². The van der Waals surface area contributed by atoms with Gasteiger partial charge in [-0.1, -0.05) is 43.3 Å². The molecule has 0 fully saturated rings. The quantitative estimate of drug-likeness (QED) is 0.284. The van der Waals surface area contributed by atoms with Crippen molar-refractivity contribution in [3.8, 4) is 0 Å². The van der Waals surface area contributed by atoms with E-state index in [1.165, 1.54) is 5.56 Å². The summed E-state index contributed by atoms with van der Waals surface area (Å²) in [4.78, 5) is 4.36. The average molecular weight is 516 g/mol. The number of hydrogen-bond acceptors (Lipinski definition) is 3. The summed E-state index contributed by atoms with van der Waals surface area (Å²) in [7, 11) is -3.40. The molecule has 0 bridgehead atoms. The molecule has 4 N–H and O–H groups in total. The maximum absolute atomic E-state index is 12.2. The summed E-state index contributed by atoms with van der Waals surface area (Å²) >= 11 is 0. The van der Waals surface area contributed by atoms with E-state index in [-0.39, 0.29) is 35.8 Å². The van der Waals surface area contributed by atoms with Crippen LogP contribution in [-0.4, -0.2) is 20.4 Å². The molecular formula is C20H29IN4O2S. The van der Waals surface area contributed by atoms with Crippen molar-refractivity contribution in [1.29, 1.82) is 0 Å². The zero-order valence-electron chi connectivity index (χ0n) is 16.5. The number of halogens is 1. The second kappa shape index (κ2) is 11.4. The lowest BCUT2D eigenvalue weighted by Gasteiger charge is -2.12. The molecule has 28 heavy (non-hydrogen) atoms. The summed E-state index contributed by atoms with van der Waals surface area (Å²) in [5.74, 6) is 0.212. The van der Waals surface area contributed by atoms with E-state index in [4.69, 9.17) is 5.73 Å². The minimum absolute atomic E-state index is 0. The zero-order valence-corrected chi connectivity index (χ0v) is 19.6. The van der Waals surface area contributed by atoms with E-state index in [9.17, 15) is 8.42 Å². The minimum atomic E-state index is -3.40. The fourth-order valence-corrected chi connectivity index (χ4v) is 4.18. The molecule has 0 unspecified atom stereocenters. The number of nitrogens with two attached hydrogens (primary N) is 1. The van der Waals surface area contributed by atoms with Crippen molar-refractivity contribution in [3.63, 3.8) is 0 Å². The Labute approximate surface area is 185 Å². The highest BCUT2D eigenvalue weighted by atomic mass is 127. The number of aryl methyl sites for hydroxylation is 1. The molecule has 2 rings (SSSR count). The molecule has 0 spiro atoms. The normalized spacial score (nSPS) is 11.9. The lowest BCUT2D eigenvalue weighted by molar-refractivity contribution is 0.569. The van der Waals surface area contributed by atoms with E-state index in [0.717, 1.165) is 23.2 Å². The highest BCUT2D eigenvalue weighted by Gasteiger charge is 2.15. The van der Waals surface area contributed by atoms with Crippen molar-refractivity contribution in [2.75, 3.05) is 5.32 Å². The van der Waals surface area contributed by atoms with Gasteiger partial charge in [-0.3, -0.25) is 0 Å². The molecule has 0 aliphatic heterocycles. The van der Waals surface area contributed by atoms with Crippen molar-refractivity contribution in [2.45, 2.75) is 45.5 Å². The minimum Gasteiger partial charge on any atom is -0.370 e. The van der Waals surface area contributed by atoms with Gasteiger partial charge < -0.3 is 11.1 Å². The van der Waals surface area contributed by atoms with Crippen molar-refractivity contribution >= 4 is 45.6 Å². The second-order valence-electron chi connectivity index (χ2n) is 6.68. The Morgan fingerprint density at radius 3 is 2.43 bits per heavy atom. The van der Waals surface area contributed by atoms with Crippen LogP contribution >= 0.6 is 24.0 Å². The number of benzene rings is 2. The highest BCUT2D eigenvalue weighted by molar-refractivity contribution is 14.0. The van der Waals surface area contributed by atoms with Crippen LogP contribution in [-0.2, 0) is 28.7 Å². The summed E-state index contributed by atoms with van der Waals surface area (Å²) < 4.78 is 27.0. The van der Waals surface area contributed by atoms with Gasteiger partial charge in [0.2, 0.25) is 10.0 Å². The predicted octanol–water partition coefficient (Wildman–Crippen LogP) is 3.62. The largest absolute Gasteiger partial charge is 0.370 e. The number of hydrogen-bond donors (Lipinski definition) is 3. The second-order valence-corrected chi connectivity index (χ2v) is 8.43. The van der Waals surface area contributed by atoms with Gasteiger partial charge in [0.25, 0.3) is 0 Å². The van der Waals surface area contributed by atoms with Crippen molar-refractivity contribution < 1.29 is 8.42 Å². The van der Waals surface area contributed by atoms with Crippen LogP contribution in [0.15, 0.2) is 53.5 Å². The number of nitrogens with one attached hydrogen (secondary N) is 2. The monoisotopic (exact) mass is 516 g/mol. The maximum atomic E-state index is 12.2. The molecule has 0 saturated carbocycles. The third kappa shape index (κ3) is 8.15. The molecule has 6 nitrogen and oxygen atoms in total. The van der Waals surface area contributed by atoms with Crippen LogP contribution in [0.1, 0.15) is 37.5 Å². The summed E-state index contributed by atoms with van der Waals surface area (Å²) in [5.41, 5.74) is 9.64. The molecule has 0 aromatic heterocycles. The molecule has 0 aliphatic rings. The SMILES string of the molecule is CCc1cccc(NC(N)=NCc2ccccc2CS(=O)(=O)NC(C)C)c1.I. The summed E-state index contributed by atoms with van der Waals surface area (Å²) in [6.45, 7) is 6.00. The molecule has 0 heterocycles. The molecule has 2 aromatic carbocycles. The van der Waals surface area contributed by atoms with E-state index in [1.807, 2.05) is 36.4 Å². The molecule has 0 aliphatic carbocycles. The topological polar surface area (TPSA) is 96.6 Å². The Bertz CT molecular complexity index is 899. The lowest BCUT2D eigenvalue weighted by atomic mass is 10.1. The first-order valence-corrected chi connectivity index (χ1v) is 10.7. The van der Waals surface area contributed by atoms with Crippen LogP contribution in [0.25, 0.3) is 0 Å². The van der Waals surface area contributed by atoms with Crippen molar-refractivity contribution in [3.05, 3.63) is 65.2 Å². The standard InChI is InChI=1S/C20H28N4O2S.HI/c1-4-16-8-7-11-19(12-16)23-20(21)22-13-17-9-5-6-10-18(17)14-27(25,26)24-15(2)3;/h5-12,15,24H,4,13-14H2,1-3H3,(H3,21,22,23);1H. The van der Waals surface area contributed by atoms with Gasteiger partial charge >= 0.3 is 0 Å². The molecule has 0 amide bonds. The van der Waals surface area contributed by atoms with Gasteiger partial charge in [0.05, 0.1) is 12.3 Å². The van der Waals surface area contributed by atoms with Gasteiger partial charge in [-0.05, 0) is 49.1 Å². The number of nitrogens with zero attached hydrogens (tertiary/aromatic N) is 1. The Hall–Kier alpha value is -1.65. The molecule has 8 heteroatoms. The van der Waals surface area contributed by atoms with Crippen LogP contribution in [0.3, 0.4) is 0 Å². The zero-order chi connectivity index (χ0) is 19.9. The molecule has 2 aromatic rings. The summed E-state index contributed by atoms with van der Waals surface area (Å²) in [6.07, 6.45) is 0.943. The smallest absolute Gasteiger partial charge is 0.216 e. The Morgan fingerprint density at radius 1 is 1.11 bits per heavy atom. The van der Waals surface area contributed by atoms with E-state index in [2.05, 4.69) is 28.0 Å².